The highest BCUT2D eigenvalue weighted by Gasteiger charge is 2.03. The molecule has 0 atom stereocenters. The average Bonchev–Trinajstić information content (AvgIpc) is 2.19. The molecule has 0 aliphatic rings. The summed E-state index contributed by atoms with van der Waals surface area (Å²) in [5, 5.41) is 0.956. The smallest absolute Gasteiger partial charge is 0.117 e. The van der Waals surface area contributed by atoms with Crippen LogP contribution in [0.5, 0.6) is 0 Å². The van der Waals surface area contributed by atoms with Gasteiger partial charge in [0.2, 0.25) is 0 Å². The number of fused-ring (bicyclic) bond motifs is 1. The van der Waals surface area contributed by atoms with E-state index in [9.17, 15) is 4.39 Å². The second-order valence-electron chi connectivity index (χ2n) is 2.74. The molecule has 0 aliphatic heterocycles. The third kappa shape index (κ3) is 1.44. The summed E-state index contributed by atoms with van der Waals surface area (Å²) in [4.78, 5) is 4.14. The molecular weight excluding hydrogens is 233 g/mol. The number of aromatic nitrogens is 1. The van der Waals surface area contributed by atoms with Gasteiger partial charge in [-0.2, -0.15) is 0 Å². The number of benzene rings is 1. The molecule has 0 saturated carbocycles. The summed E-state index contributed by atoms with van der Waals surface area (Å²) in [6.07, 6.45) is 1.67. The topological polar surface area (TPSA) is 12.9 Å². The number of halogens is 2. The molecule has 0 bridgehead atoms. The lowest BCUT2D eigenvalue weighted by Gasteiger charge is -2.02. The first kappa shape index (κ1) is 8.63. The average molecular weight is 240 g/mol. The summed E-state index contributed by atoms with van der Waals surface area (Å²) < 4.78 is 13.5. The molecule has 0 radical (unpaired) electrons. The van der Waals surface area contributed by atoms with Crippen molar-refractivity contribution in [1.82, 2.24) is 4.98 Å². The van der Waals surface area contributed by atoms with E-state index in [2.05, 4.69) is 20.9 Å². The number of pyridine rings is 1. The number of rotatable bonds is 1. The van der Waals surface area contributed by atoms with E-state index >= 15 is 0 Å². The van der Waals surface area contributed by atoms with Gasteiger partial charge in [-0.3, -0.25) is 4.98 Å². The van der Waals surface area contributed by atoms with Crippen molar-refractivity contribution >= 4 is 26.8 Å². The van der Waals surface area contributed by atoms with Crippen molar-refractivity contribution in [2.45, 2.75) is 6.67 Å². The van der Waals surface area contributed by atoms with Gasteiger partial charge in [-0.1, -0.05) is 28.1 Å². The van der Waals surface area contributed by atoms with Crippen molar-refractivity contribution in [3.63, 3.8) is 0 Å². The van der Waals surface area contributed by atoms with E-state index in [1.807, 2.05) is 18.2 Å². The lowest BCUT2D eigenvalue weighted by atomic mass is 10.1. The molecule has 1 nitrogen and oxygen atoms in total. The molecule has 0 saturated heterocycles. The summed E-state index contributed by atoms with van der Waals surface area (Å²) in [5.74, 6) is 0. The van der Waals surface area contributed by atoms with Crippen molar-refractivity contribution in [2.75, 3.05) is 0 Å². The summed E-state index contributed by atoms with van der Waals surface area (Å²) in [7, 11) is 0. The maximum atomic E-state index is 12.5. The molecule has 1 aromatic heterocycles. The van der Waals surface area contributed by atoms with Crippen molar-refractivity contribution in [2.24, 2.45) is 0 Å². The van der Waals surface area contributed by atoms with Gasteiger partial charge in [-0.15, -0.1) is 0 Å². The van der Waals surface area contributed by atoms with Crippen molar-refractivity contribution in [3.05, 3.63) is 40.5 Å². The van der Waals surface area contributed by atoms with Crippen molar-refractivity contribution in [1.29, 1.82) is 0 Å². The molecule has 13 heavy (non-hydrogen) atoms. The van der Waals surface area contributed by atoms with Crippen LogP contribution in [0.25, 0.3) is 10.9 Å². The maximum absolute atomic E-state index is 12.5. The van der Waals surface area contributed by atoms with E-state index in [1.54, 1.807) is 12.3 Å². The van der Waals surface area contributed by atoms with E-state index in [0.29, 0.717) is 5.56 Å². The Balaban J connectivity index is 2.84. The Kier molecular flexibility index (Phi) is 2.27. The van der Waals surface area contributed by atoms with Gasteiger partial charge in [-0.05, 0) is 12.1 Å². The minimum Gasteiger partial charge on any atom is -0.256 e. The van der Waals surface area contributed by atoms with Gasteiger partial charge in [0.05, 0.1) is 5.52 Å². The normalized spacial score (nSPS) is 10.6. The maximum Gasteiger partial charge on any atom is 0.117 e. The van der Waals surface area contributed by atoms with E-state index in [1.165, 1.54) is 0 Å². The number of hydrogen-bond donors (Lipinski definition) is 0. The molecule has 0 unspecified atom stereocenters. The van der Waals surface area contributed by atoms with Crippen LogP contribution in [-0.2, 0) is 6.67 Å². The van der Waals surface area contributed by atoms with Crippen molar-refractivity contribution in [3.8, 4) is 0 Å². The number of alkyl halides is 1. The molecule has 66 valence electrons. The zero-order valence-corrected chi connectivity index (χ0v) is 8.38. The predicted octanol–water partition coefficient (Wildman–Crippen LogP) is 3.47. The molecule has 1 aromatic carbocycles. The molecule has 3 heteroatoms. The Morgan fingerprint density at radius 2 is 2.15 bits per heavy atom. The first-order valence-electron chi connectivity index (χ1n) is 3.91. The van der Waals surface area contributed by atoms with Gasteiger partial charge in [0.15, 0.2) is 0 Å². The third-order valence-electron chi connectivity index (χ3n) is 1.94. The molecule has 2 rings (SSSR count). The molecule has 2 aromatic rings. The third-order valence-corrected chi connectivity index (χ3v) is 2.64. The van der Waals surface area contributed by atoms with Gasteiger partial charge < -0.3 is 0 Å². The Hall–Kier alpha value is -0.960. The van der Waals surface area contributed by atoms with Gasteiger partial charge in [0, 0.05) is 21.6 Å². The minimum absolute atomic E-state index is 0.471. The number of nitrogens with zero attached hydrogens (tertiary/aromatic N) is 1. The zero-order chi connectivity index (χ0) is 9.26. The minimum atomic E-state index is -0.471. The van der Waals surface area contributed by atoms with Crippen LogP contribution in [0.3, 0.4) is 0 Å². The SMILES string of the molecule is FCc1ccc(Br)c2cccnc12. The number of hydrogen-bond acceptors (Lipinski definition) is 1. The Bertz CT molecular complexity index is 442. The van der Waals surface area contributed by atoms with Crippen LogP contribution in [0.4, 0.5) is 4.39 Å². The van der Waals surface area contributed by atoms with E-state index in [4.69, 9.17) is 0 Å². The fraction of sp³-hybridized carbons (Fsp3) is 0.100. The summed E-state index contributed by atoms with van der Waals surface area (Å²) in [6.45, 7) is -0.471. The van der Waals surface area contributed by atoms with Gasteiger partial charge in [0.1, 0.15) is 6.67 Å². The van der Waals surface area contributed by atoms with Crippen LogP contribution in [0.15, 0.2) is 34.9 Å². The second-order valence-corrected chi connectivity index (χ2v) is 3.59. The largest absolute Gasteiger partial charge is 0.256 e. The first-order chi connectivity index (χ1) is 6.33. The monoisotopic (exact) mass is 239 g/mol. The lowest BCUT2D eigenvalue weighted by molar-refractivity contribution is 0.487. The molecule has 0 N–H and O–H groups in total. The van der Waals surface area contributed by atoms with Crippen molar-refractivity contribution < 1.29 is 4.39 Å². The molecule has 1 heterocycles. The molecular formula is C10H7BrFN. The highest BCUT2D eigenvalue weighted by molar-refractivity contribution is 9.10. The Morgan fingerprint density at radius 3 is 2.92 bits per heavy atom. The van der Waals surface area contributed by atoms with Gasteiger partial charge in [-0.25, -0.2) is 4.39 Å². The van der Waals surface area contributed by atoms with Crippen LogP contribution in [0.1, 0.15) is 5.56 Å². The highest BCUT2D eigenvalue weighted by atomic mass is 79.9. The fourth-order valence-electron chi connectivity index (χ4n) is 1.30. The van der Waals surface area contributed by atoms with E-state index in [0.717, 1.165) is 15.4 Å². The Labute approximate surface area is 83.7 Å². The van der Waals surface area contributed by atoms with Crippen LogP contribution in [0, 0.1) is 0 Å². The van der Waals surface area contributed by atoms with Crippen LogP contribution < -0.4 is 0 Å². The molecule has 0 spiro atoms. The standard InChI is InChI=1S/C10H7BrFN/c11-9-4-3-7(6-12)10-8(9)2-1-5-13-10/h1-5H,6H2. The highest BCUT2D eigenvalue weighted by Crippen LogP contribution is 2.25. The van der Waals surface area contributed by atoms with E-state index in [-0.39, 0.29) is 0 Å². The summed E-state index contributed by atoms with van der Waals surface area (Å²) in [5.41, 5.74) is 1.37. The van der Waals surface area contributed by atoms with Gasteiger partial charge >= 0.3 is 0 Å². The fourth-order valence-corrected chi connectivity index (χ4v) is 1.76. The van der Waals surface area contributed by atoms with Crippen LogP contribution in [-0.4, -0.2) is 4.98 Å². The Morgan fingerprint density at radius 1 is 1.31 bits per heavy atom. The summed E-state index contributed by atoms with van der Waals surface area (Å²) >= 11 is 3.40. The van der Waals surface area contributed by atoms with Gasteiger partial charge in [0.25, 0.3) is 0 Å². The first-order valence-corrected chi connectivity index (χ1v) is 4.70. The zero-order valence-electron chi connectivity index (χ0n) is 6.80. The predicted molar refractivity (Wildman–Crippen MR) is 54.3 cm³/mol. The second kappa shape index (κ2) is 3.42. The van der Waals surface area contributed by atoms with Crippen LogP contribution in [0.2, 0.25) is 0 Å². The van der Waals surface area contributed by atoms with E-state index < -0.39 is 6.67 Å². The lowest BCUT2D eigenvalue weighted by Crippen LogP contribution is -1.86. The quantitative estimate of drug-likeness (QED) is 0.743. The summed E-state index contributed by atoms with van der Waals surface area (Å²) in [6, 6.07) is 7.36. The molecule has 0 aliphatic carbocycles. The molecule has 0 fully saturated rings. The molecule has 0 amide bonds. The van der Waals surface area contributed by atoms with Crippen LogP contribution >= 0.6 is 15.9 Å².